The molecule has 0 unspecified atom stereocenters. The minimum Gasteiger partial charge on any atom is -0.657 e. The Labute approximate surface area is 279 Å². The molecule has 0 N–H and O–H groups in total. The number of aryl methyl sites for hydroxylation is 2. The molecule has 8 bridgehead atoms. The normalized spacial score (nSPS) is 14.7. The molecule has 0 aliphatic carbocycles. The summed E-state index contributed by atoms with van der Waals surface area (Å²) in [5.41, 5.74) is 12.0. The fraction of sp³-hybridized carbons (Fsp3) is 0.429. The molecule has 1 fully saturated rings. The molecule has 3 aromatic heterocycles. The number of nitrogens with zero attached hydrogens (tertiary/aromatic N) is 4. The first-order valence-electron chi connectivity index (χ1n) is 15.5. The third-order valence-electron chi connectivity index (χ3n) is 8.09. The van der Waals surface area contributed by atoms with Crippen molar-refractivity contribution in [2.45, 2.75) is 82.6 Å². The standard InChI is InChI=1S/C35H40N4S3.Ni/c1-3-5-7-9-11-26-28-15-13-24(36-28)21-25-14-16-29(37-25)27(12-10-8-6-4-2)31-18-20-33(39-31)34(32-19-17-30(26)38-32)35-41-22-40-23-42-35;/h13-21,35H,3-12,22-23H2,1-2H3;/q-2;+2. The second-order valence-corrected chi connectivity index (χ2v) is 15.4. The van der Waals surface area contributed by atoms with Gasteiger partial charge in [0, 0.05) is 10.2 Å². The maximum absolute atomic E-state index is 5.33. The molecule has 4 nitrogen and oxygen atoms in total. The van der Waals surface area contributed by atoms with Crippen molar-refractivity contribution in [2.24, 2.45) is 0 Å². The van der Waals surface area contributed by atoms with Gasteiger partial charge in [-0.05, 0) is 67.2 Å². The largest absolute Gasteiger partial charge is 2.00 e. The Kier molecular flexibility index (Phi) is 12.1. The number of unbranched alkanes of at least 4 members (excludes halogenated alkanes) is 6. The van der Waals surface area contributed by atoms with E-state index in [0.29, 0.717) is 4.58 Å². The van der Waals surface area contributed by atoms with E-state index in [2.05, 4.69) is 68.5 Å². The predicted octanol–water partition coefficient (Wildman–Crippen LogP) is 10.3. The summed E-state index contributed by atoms with van der Waals surface area (Å²) in [6, 6.07) is 11.0. The quantitative estimate of drug-likeness (QED) is 0.102. The molecule has 0 saturated carbocycles. The molecule has 0 atom stereocenters. The van der Waals surface area contributed by atoms with Gasteiger partial charge in [-0.2, -0.15) is 0 Å². The zero-order chi connectivity index (χ0) is 28.7. The zero-order valence-corrected chi connectivity index (χ0v) is 28.5. The van der Waals surface area contributed by atoms with E-state index in [4.69, 9.17) is 19.9 Å². The van der Waals surface area contributed by atoms with Gasteiger partial charge in [0.05, 0.1) is 27.4 Å². The Morgan fingerprint density at radius 3 is 1.63 bits per heavy atom. The molecule has 0 aromatic carbocycles. The van der Waals surface area contributed by atoms with E-state index in [1.807, 2.05) is 35.3 Å². The summed E-state index contributed by atoms with van der Waals surface area (Å²) in [7, 11) is 0. The van der Waals surface area contributed by atoms with Crippen molar-refractivity contribution in [2.75, 3.05) is 10.2 Å². The predicted molar refractivity (Wildman–Crippen MR) is 188 cm³/mol. The molecule has 0 spiro atoms. The minimum absolute atomic E-state index is 0. The molecular formula is C35H40N4NiS3. The Bertz CT molecular complexity index is 1510. The van der Waals surface area contributed by atoms with Crippen LogP contribution in [0, 0.1) is 0 Å². The van der Waals surface area contributed by atoms with Crippen molar-refractivity contribution in [3.05, 3.63) is 69.8 Å². The van der Waals surface area contributed by atoms with Crippen molar-refractivity contribution in [3.63, 3.8) is 0 Å². The van der Waals surface area contributed by atoms with Gasteiger partial charge in [0.15, 0.2) is 0 Å². The van der Waals surface area contributed by atoms with Gasteiger partial charge in [0.25, 0.3) is 0 Å². The van der Waals surface area contributed by atoms with Crippen molar-refractivity contribution in [1.82, 2.24) is 19.9 Å². The van der Waals surface area contributed by atoms with E-state index in [9.17, 15) is 0 Å². The molecule has 3 aliphatic rings. The zero-order valence-electron chi connectivity index (χ0n) is 25.1. The van der Waals surface area contributed by atoms with Crippen molar-refractivity contribution < 1.29 is 16.5 Å². The SMILES string of the molecule is CCCCCCc1c2nc(cc3nc(c(CCCCCC)c4ccc([n-]4)c(C4SCSCS4)c4ccc1[n-]4)C=C3)C=C2.[Ni+2]. The first-order chi connectivity index (χ1) is 20.7. The Balaban J connectivity index is 0.00000368. The number of rotatable bonds is 11. The fourth-order valence-corrected chi connectivity index (χ4v) is 10.7. The number of fused-ring (bicyclic) bond motifs is 8. The molecule has 3 aromatic rings. The summed E-state index contributed by atoms with van der Waals surface area (Å²) < 4.78 is 0.318. The first-order valence-corrected chi connectivity index (χ1v) is 18.8. The van der Waals surface area contributed by atoms with E-state index in [0.717, 1.165) is 80.7 Å². The van der Waals surface area contributed by atoms with Gasteiger partial charge >= 0.3 is 16.5 Å². The van der Waals surface area contributed by atoms with Crippen LogP contribution in [0.1, 0.15) is 109 Å². The average molecular weight is 672 g/mol. The summed E-state index contributed by atoms with van der Waals surface area (Å²) in [4.78, 5) is 20.8. The summed E-state index contributed by atoms with van der Waals surface area (Å²) in [6.45, 7) is 4.53. The summed E-state index contributed by atoms with van der Waals surface area (Å²) in [5.74, 6) is 0. The molecule has 228 valence electrons. The van der Waals surface area contributed by atoms with Crippen LogP contribution in [0.25, 0.3) is 46.4 Å². The van der Waals surface area contributed by atoms with E-state index in [-0.39, 0.29) is 16.5 Å². The Hall–Kier alpha value is -1.86. The topological polar surface area (TPSA) is 54.0 Å². The molecule has 6 rings (SSSR count). The van der Waals surface area contributed by atoms with Gasteiger partial charge in [-0.1, -0.05) is 82.2 Å². The molecule has 3 aliphatic heterocycles. The summed E-state index contributed by atoms with van der Waals surface area (Å²) in [5, 5.41) is 2.20. The van der Waals surface area contributed by atoms with E-state index >= 15 is 0 Å². The smallest absolute Gasteiger partial charge is 0.657 e. The number of aromatic nitrogens is 4. The van der Waals surface area contributed by atoms with Crippen LogP contribution in [-0.2, 0) is 29.3 Å². The van der Waals surface area contributed by atoms with E-state index in [1.54, 1.807) is 0 Å². The van der Waals surface area contributed by atoms with Crippen LogP contribution in [0.15, 0.2) is 30.3 Å². The third-order valence-corrected chi connectivity index (χ3v) is 12.4. The van der Waals surface area contributed by atoms with Gasteiger partial charge in [-0.15, -0.1) is 57.4 Å². The molecule has 0 amide bonds. The maximum atomic E-state index is 5.33. The van der Waals surface area contributed by atoms with Crippen LogP contribution >= 0.6 is 35.3 Å². The van der Waals surface area contributed by atoms with Crippen molar-refractivity contribution in [3.8, 4) is 0 Å². The minimum atomic E-state index is 0. The van der Waals surface area contributed by atoms with Crippen LogP contribution in [-0.4, -0.2) is 20.1 Å². The van der Waals surface area contributed by atoms with Crippen LogP contribution in [0.3, 0.4) is 0 Å². The second-order valence-electron chi connectivity index (χ2n) is 11.2. The molecule has 0 radical (unpaired) electrons. The summed E-state index contributed by atoms with van der Waals surface area (Å²) in [6.07, 6.45) is 20.3. The second kappa shape index (κ2) is 15.9. The van der Waals surface area contributed by atoms with E-state index in [1.165, 1.54) is 55.2 Å². The van der Waals surface area contributed by atoms with E-state index < -0.39 is 0 Å². The first kappa shape index (κ1) is 32.5. The molecular weight excluding hydrogens is 631 g/mol. The Morgan fingerprint density at radius 1 is 0.651 bits per heavy atom. The molecule has 1 saturated heterocycles. The summed E-state index contributed by atoms with van der Waals surface area (Å²) >= 11 is 6.01. The van der Waals surface area contributed by atoms with Crippen LogP contribution in [0.2, 0.25) is 0 Å². The average Bonchev–Trinajstić information content (AvgIpc) is 3.83. The number of hydrogen-bond donors (Lipinski definition) is 0. The van der Waals surface area contributed by atoms with Crippen molar-refractivity contribution in [1.29, 1.82) is 0 Å². The van der Waals surface area contributed by atoms with Gasteiger partial charge < -0.3 is 9.97 Å². The molecule has 43 heavy (non-hydrogen) atoms. The third kappa shape index (κ3) is 7.87. The number of hydrogen-bond acceptors (Lipinski definition) is 5. The molecule has 6 heterocycles. The monoisotopic (exact) mass is 670 g/mol. The van der Waals surface area contributed by atoms with Crippen LogP contribution < -0.4 is 9.97 Å². The number of thioether (sulfide) groups is 3. The van der Waals surface area contributed by atoms with Gasteiger partial charge in [-0.25, -0.2) is 9.97 Å². The maximum Gasteiger partial charge on any atom is 2.00 e. The van der Waals surface area contributed by atoms with Crippen molar-refractivity contribution >= 4 is 81.7 Å². The van der Waals surface area contributed by atoms with Gasteiger partial charge in [0.2, 0.25) is 0 Å². The molecule has 8 heteroatoms. The fourth-order valence-electron chi connectivity index (χ4n) is 5.84. The Morgan fingerprint density at radius 2 is 1.14 bits per heavy atom. The van der Waals surface area contributed by atoms with Gasteiger partial charge in [-0.3, -0.25) is 0 Å². The van der Waals surface area contributed by atoms with Gasteiger partial charge in [0.1, 0.15) is 0 Å². The van der Waals surface area contributed by atoms with Crippen LogP contribution in [0.5, 0.6) is 0 Å². The van der Waals surface area contributed by atoms with Crippen LogP contribution in [0.4, 0.5) is 0 Å².